The number of nitrogens with zero attached hydrogens (tertiary/aromatic N) is 1. The maximum Gasteiger partial charge on any atom is 0.282 e. The summed E-state index contributed by atoms with van der Waals surface area (Å²) in [5.41, 5.74) is 3.84. The molecule has 0 aromatic heterocycles. The van der Waals surface area contributed by atoms with Gasteiger partial charge in [0.05, 0.1) is 24.4 Å². The van der Waals surface area contributed by atoms with Gasteiger partial charge in [0.25, 0.3) is 11.8 Å². The highest BCUT2D eigenvalue weighted by Gasteiger charge is 2.34. The van der Waals surface area contributed by atoms with Crippen molar-refractivity contribution in [3.63, 3.8) is 0 Å². The quantitative estimate of drug-likeness (QED) is 0.630. The zero-order valence-electron chi connectivity index (χ0n) is 13.6. The highest BCUT2D eigenvalue weighted by atomic mass is 79.9. The Morgan fingerprint density at radius 3 is 2.44 bits per heavy atom. The average Bonchev–Trinajstić information content (AvgIpc) is 2.90. The minimum absolute atomic E-state index is 0.0444. The number of nitrogens with one attached hydrogen (secondary N) is 1. The maximum atomic E-state index is 12.6. The maximum absolute atomic E-state index is 12.6. The third-order valence-electron chi connectivity index (χ3n) is 3.67. The van der Waals surface area contributed by atoms with Crippen molar-refractivity contribution in [3.05, 3.63) is 58.1 Å². The first-order valence-electron chi connectivity index (χ1n) is 7.39. The van der Waals surface area contributed by atoms with Crippen LogP contribution in [0.3, 0.4) is 0 Å². The van der Waals surface area contributed by atoms with Gasteiger partial charge >= 0.3 is 0 Å². The predicted molar refractivity (Wildman–Crippen MR) is 97.3 cm³/mol. The van der Waals surface area contributed by atoms with E-state index in [2.05, 4.69) is 21.4 Å². The van der Waals surface area contributed by atoms with Gasteiger partial charge in [0.2, 0.25) is 0 Å². The fraction of sp³-hybridized carbons (Fsp3) is 0.111. The molecule has 128 valence electrons. The number of anilines is 1. The Bertz CT molecular complexity index is 865. The number of carbonyl (C=O) groups excluding carboxylic acids is 2. The Labute approximate surface area is 153 Å². The molecule has 2 aromatic carbocycles. The summed E-state index contributed by atoms with van der Waals surface area (Å²) in [5, 5.41) is 1.23. The standard InChI is InChI=1S/C18H15BrN2O4/c1-24-15-10-11(9-14(19)16(15)25-2)8-13-17(22)20-21(18(13)23)12-6-4-3-5-7-12/h3-10H,1-2H3,(H,20,22)/b13-8-. The van der Waals surface area contributed by atoms with E-state index in [4.69, 9.17) is 9.47 Å². The van der Waals surface area contributed by atoms with Crippen LogP contribution in [0.25, 0.3) is 6.08 Å². The highest BCUT2D eigenvalue weighted by Crippen LogP contribution is 2.37. The summed E-state index contributed by atoms with van der Waals surface area (Å²) < 4.78 is 11.2. The van der Waals surface area contributed by atoms with Gasteiger partial charge in [0, 0.05) is 0 Å². The number of amides is 2. The molecular formula is C18H15BrN2O4. The van der Waals surface area contributed by atoms with Gasteiger partial charge in [-0.2, -0.15) is 0 Å². The normalized spacial score (nSPS) is 15.5. The van der Waals surface area contributed by atoms with E-state index < -0.39 is 11.8 Å². The van der Waals surface area contributed by atoms with Crippen LogP contribution in [0.1, 0.15) is 5.56 Å². The van der Waals surface area contributed by atoms with Crippen LogP contribution in [0.2, 0.25) is 0 Å². The Morgan fingerprint density at radius 2 is 1.80 bits per heavy atom. The van der Waals surface area contributed by atoms with Crippen LogP contribution in [-0.2, 0) is 9.59 Å². The third kappa shape index (κ3) is 3.23. The molecule has 25 heavy (non-hydrogen) atoms. The van der Waals surface area contributed by atoms with Gasteiger partial charge < -0.3 is 9.47 Å². The van der Waals surface area contributed by atoms with Crippen molar-refractivity contribution in [2.45, 2.75) is 0 Å². The molecule has 6 nitrogen and oxygen atoms in total. The predicted octanol–water partition coefficient (Wildman–Crippen LogP) is 2.93. The molecule has 1 fully saturated rings. The molecular weight excluding hydrogens is 388 g/mol. The second kappa shape index (κ2) is 6.98. The summed E-state index contributed by atoms with van der Waals surface area (Å²) in [6.07, 6.45) is 1.52. The Balaban J connectivity index is 1.98. The lowest BCUT2D eigenvalue weighted by atomic mass is 10.1. The van der Waals surface area contributed by atoms with Crippen LogP contribution >= 0.6 is 15.9 Å². The molecule has 0 spiro atoms. The number of hydrogen-bond donors (Lipinski definition) is 1. The van der Waals surface area contributed by atoms with Gasteiger partial charge in [-0.3, -0.25) is 15.0 Å². The number of rotatable bonds is 4. The van der Waals surface area contributed by atoms with E-state index in [1.165, 1.54) is 25.3 Å². The van der Waals surface area contributed by atoms with Crippen molar-refractivity contribution in [3.8, 4) is 11.5 Å². The lowest BCUT2D eigenvalue weighted by Crippen LogP contribution is -2.35. The first-order valence-corrected chi connectivity index (χ1v) is 8.18. The molecule has 0 saturated carbocycles. The second-order valence-electron chi connectivity index (χ2n) is 5.21. The van der Waals surface area contributed by atoms with Crippen molar-refractivity contribution in [2.75, 3.05) is 19.2 Å². The number of hydrazine groups is 1. The minimum atomic E-state index is -0.459. The van der Waals surface area contributed by atoms with E-state index in [1.54, 1.807) is 36.4 Å². The molecule has 3 rings (SSSR count). The Hall–Kier alpha value is -2.80. The molecule has 0 atom stereocenters. The number of para-hydroxylation sites is 1. The van der Waals surface area contributed by atoms with Crippen LogP contribution in [0.15, 0.2) is 52.5 Å². The van der Waals surface area contributed by atoms with Gasteiger partial charge in [0.1, 0.15) is 5.57 Å². The molecule has 2 aromatic rings. The van der Waals surface area contributed by atoms with Crippen LogP contribution in [-0.4, -0.2) is 26.0 Å². The number of halogens is 1. The van der Waals surface area contributed by atoms with Gasteiger partial charge in [0.15, 0.2) is 11.5 Å². The summed E-state index contributed by atoms with van der Waals surface area (Å²) in [5.74, 6) is 0.161. The van der Waals surface area contributed by atoms with Crippen molar-refractivity contribution >= 4 is 39.5 Å². The fourth-order valence-corrected chi connectivity index (χ4v) is 3.13. The third-order valence-corrected chi connectivity index (χ3v) is 4.26. The van der Waals surface area contributed by atoms with E-state index in [0.29, 0.717) is 27.2 Å². The molecule has 7 heteroatoms. The van der Waals surface area contributed by atoms with Crippen molar-refractivity contribution in [2.24, 2.45) is 0 Å². The van der Waals surface area contributed by atoms with Crippen molar-refractivity contribution < 1.29 is 19.1 Å². The smallest absolute Gasteiger partial charge is 0.282 e. The summed E-state index contributed by atoms with van der Waals surface area (Å²) in [7, 11) is 3.05. The van der Waals surface area contributed by atoms with Gasteiger partial charge in [-0.15, -0.1) is 0 Å². The van der Waals surface area contributed by atoms with Crippen molar-refractivity contribution in [1.29, 1.82) is 0 Å². The number of carbonyl (C=O) groups is 2. The summed E-state index contributed by atoms with van der Waals surface area (Å²) in [6.45, 7) is 0. The van der Waals surface area contributed by atoms with Gasteiger partial charge in [-0.1, -0.05) is 18.2 Å². The molecule has 1 aliphatic rings. The topological polar surface area (TPSA) is 67.9 Å². The molecule has 1 N–H and O–H groups in total. The molecule has 0 unspecified atom stereocenters. The van der Waals surface area contributed by atoms with Crippen LogP contribution in [0.4, 0.5) is 5.69 Å². The van der Waals surface area contributed by atoms with E-state index in [1.807, 2.05) is 6.07 Å². The average molecular weight is 403 g/mol. The minimum Gasteiger partial charge on any atom is -0.493 e. The lowest BCUT2D eigenvalue weighted by molar-refractivity contribution is -0.117. The summed E-state index contributed by atoms with van der Waals surface area (Å²) >= 11 is 3.40. The zero-order valence-corrected chi connectivity index (χ0v) is 15.2. The first-order chi connectivity index (χ1) is 12.0. The molecule has 1 aliphatic heterocycles. The highest BCUT2D eigenvalue weighted by molar-refractivity contribution is 9.10. The zero-order chi connectivity index (χ0) is 18.0. The van der Waals surface area contributed by atoms with E-state index in [0.717, 1.165) is 0 Å². The van der Waals surface area contributed by atoms with Crippen LogP contribution in [0, 0.1) is 0 Å². The monoisotopic (exact) mass is 402 g/mol. The Kier molecular flexibility index (Phi) is 4.76. The summed E-state index contributed by atoms with van der Waals surface area (Å²) in [4.78, 5) is 24.8. The van der Waals surface area contributed by atoms with Gasteiger partial charge in [-0.25, -0.2) is 5.01 Å². The first kappa shape index (κ1) is 17.0. The molecule has 1 heterocycles. The van der Waals surface area contributed by atoms with Crippen LogP contribution in [0.5, 0.6) is 11.5 Å². The molecule has 2 amide bonds. The molecule has 0 aliphatic carbocycles. The van der Waals surface area contributed by atoms with Crippen LogP contribution < -0.4 is 19.9 Å². The number of benzene rings is 2. The SMILES string of the molecule is COc1cc(/C=C2/C(=O)NN(c3ccccc3)C2=O)cc(Br)c1OC. The fourth-order valence-electron chi connectivity index (χ4n) is 2.50. The second-order valence-corrected chi connectivity index (χ2v) is 6.07. The van der Waals surface area contributed by atoms with Crippen molar-refractivity contribution in [1.82, 2.24) is 5.43 Å². The number of ether oxygens (including phenoxy) is 2. The van der Waals surface area contributed by atoms with Gasteiger partial charge in [-0.05, 0) is 51.8 Å². The number of methoxy groups -OCH3 is 2. The van der Waals surface area contributed by atoms with E-state index >= 15 is 0 Å². The van der Waals surface area contributed by atoms with E-state index in [9.17, 15) is 9.59 Å². The Morgan fingerprint density at radius 1 is 1.08 bits per heavy atom. The lowest BCUT2D eigenvalue weighted by Gasteiger charge is -2.14. The van der Waals surface area contributed by atoms with E-state index in [-0.39, 0.29) is 5.57 Å². The molecule has 1 saturated heterocycles. The molecule has 0 bridgehead atoms. The number of hydrogen-bond acceptors (Lipinski definition) is 4. The molecule has 0 radical (unpaired) electrons. The summed E-state index contributed by atoms with van der Waals surface area (Å²) in [6, 6.07) is 12.4. The largest absolute Gasteiger partial charge is 0.493 e.